The van der Waals surface area contributed by atoms with Gasteiger partial charge in [0, 0.05) is 16.6 Å². The highest BCUT2D eigenvalue weighted by atomic mass is 35.5. The Morgan fingerprint density at radius 3 is 2.92 bits per heavy atom. The molecule has 0 saturated heterocycles. The molecular formula is C19H23ClN2O3. The molecule has 1 amide bonds. The van der Waals surface area contributed by atoms with Crippen molar-refractivity contribution in [3.05, 3.63) is 28.8 Å². The topological polar surface area (TPSA) is 67.4 Å². The van der Waals surface area contributed by atoms with E-state index < -0.39 is 5.66 Å². The van der Waals surface area contributed by atoms with Crippen LogP contribution in [0.2, 0.25) is 5.02 Å². The van der Waals surface area contributed by atoms with Gasteiger partial charge in [0.05, 0.1) is 18.1 Å². The van der Waals surface area contributed by atoms with Gasteiger partial charge in [-0.3, -0.25) is 9.59 Å². The summed E-state index contributed by atoms with van der Waals surface area (Å²) >= 11 is 6.03. The molecule has 1 spiro atoms. The molecule has 3 fully saturated rings. The number of hydrogen-bond donors (Lipinski definition) is 2. The van der Waals surface area contributed by atoms with E-state index >= 15 is 0 Å². The summed E-state index contributed by atoms with van der Waals surface area (Å²) in [5, 5.41) is 7.33. The van der Waals surface area contributed by atoms with Crippen molar-refractivity contribution in [2.75, 3.05) is 11.9 Å². The number of anilines is 1. The summed E-state index contributed by atoms with van der Waals surface area (Å²) in [5.41, 5.74) is 0.725. The van der Waals surface area contributed by atoms with Gasteiger partial charge in [0.2, 0.25) is 0 Å². The molecule has 4 atom stereocenters. The van der Waals surface area contributed by atoms with Crippen LogP contribution in [0.5, 0.6) is 0 Å². The van der Waals surface area contributed by atoms with Crippen molar-refractivity contribution in [1.29, 1.82) is 0 Å². The molecule has 6 heteroatoms. The number of carbonyl (C=O) groups excluding carboxylic acids is 2. The molecule has 0 aromatic heterocycles. The SMILES string of the molecule is CCOC(=O)[C@H]1C[C@H]2CC[C@@]1(C)C[C@@]21NC(=O)c2cc(Cl)ccc2N1. The number of fused-ring (bicyclic) bond motifs is 3. The average Bonchev–Trinajstić information content (AvgIpc) is 2.55. The predicted octanol–water partition coefficient (Wildman–Crippen LogP) is 3.58. The largest absolute Gasteiger partial charge is 0.466 e. The Hall–Kier alpha value is -1.75. The van der Waals surface area contributed by atoms with Crippen molar-refractivity contribution in [3.63, 3.8) is 0 Å². The minimum absolute atomic E-state index is 0.0952. The highest BCUT2D eigenvalue weighted by Crippen LogP contribution is 2.58. The minimum atomic E-state index is -0.492. The van der Waals surface area contributed by atoms with Crippen molar-refractivity contribution in [2.24, 2.45) is 17.3 Å². The smallest absolute Gasteiger partial charge is 0.309 e. The van der Waals surface area contributed by atoms with E-state index in [0.29, 0.717) is 17.2 Å². The number of nitrogens with one attached hydrogen (secondary N) is 2. The van der Waals surface area contributed by atoms with Crippen LogP contribution in [0, 0.1) is 17.3 Å². The Morgan fingerprint density at radius 1 is 1.40 bits per heavy atom. The second-order valence-corrected chi connectivity index (χ2v) is 8.28. The summed E-state index contributed by atoms with van der Waals surface area (Å²) in [6.45, 7) is 4.40. The maximum Gasteiger partial charge on any atom is 0.309 e. The number of benzene rings is 1. The van der Waals surface area contributed by atoms with Crippen LogP contribution in [0.4, 0.5) is 5.69 Å². The van der Waals surface area contributed by atoms with Gasteiger partial charge in [0.1, 0.15) is 5.66 Å². The quantitative estimate of drug-likeness (QED) is 0.789. The molecule has 1 aliphatic heterocycles. The Labute approximate surface area is 152 Å². The van der Waals surface area contributed by atoms with Crippen LogP contribution < -0.4 is 10.6 Å². The first-order chi connectivity index (χ1) is 11.9. The van der Waals surface area contributed by atoms with Gasteiger partial charge < -0.3 is 15.4 Å². The zero-order valence-corrected chi connectivity index (χ0v) is 15.3. The maximum atomic E-state index is 12.7. The van der Waals surface area contributed by atoms with Crippen molar-refractivity contribution in [1.82, 2.24) is 5.32 Å². The van der Waals surface area contributed by atoms with Gasteiger partial charge >= 0.3 is 5.97 Å². The van der Waals surface area contributed by atoms with E-state index in [9.17, 15) is 9.59 Å². The lowest BCUT2D eigenvalue weighted by molar-refractivity contribution is -0.163. The highest BCUT2D eigenvalue weighted by molar-refractivity contribution is 6.31. The van der Waals surface area contributed by atoms with Crippen molar-refractivity contribution in [2.45, 2.75) is 45.2 Å². The van der Waals surface area contributed by atoms with Crippen molar-refractivity contribution < 1.29 is 14.3 Å². The molecule has 3 saturated carbocycles. The molecule has 5 nitrogen and oxygen atoms in total. The summed E-state index contributed by atoms with van der Waals surface area (Å²) in [6.07, 6.45) is 3.43. The number of carbonyl (C=O) groups is 2. The second-order valence-electron chi connectivity index (χ2n) is 7.85. The number of halogens is 1. The number of rotatable bonds is 2. The van der Waals surface area contributed by atoms with E-state index in [2.05, 4.69) is 17.6 Å². The van der Waals surface area contributed by atoms with E-state index in [-0.39, 0.29) is 29.1 Å². The van der Waals surface area contributed by atoms with Gasteiger partial charge in [-0.05, 0) is 56.2 Å². The van der Waals surface area contributed by atoms with Crippen LogP contribution in [0.25, 0.3) is 0 Å². The molecule has 3 aliphatic carbocycles. The lowest BCUT2D eigenvalue weighted by Gasteiger charge is -2.60. The lowest BCUT2D eigenvalue weighted by atomic mass is 9.51. The normalized spacial score (nSPS) is 35.7. The highest BCUT2D eigenvalue weighted by Gasteiger charge is 2.60. The predicted molar refractivity (Wildman–Crippen MR) is 95.5 cm³/mol. The molecule has 2 bridgehead atoms. The molecule has 1 heterocycles. The maximum absolute atomic E-state index is 12.7. The Balaban J connectivity index is 1.66. The number of esters is 1. The van der Waals surface area contributed by atoms with Crippen LogP contribution in [0.15, 0.2) is 18.2 Å². The zero-order chi connectivity index (χ0) is 17.8. The van der Waals surface area contributed by atoms with Gasteiger partial charge in [-0.2, -0.15) is 0 Å². The molecule has 4 aliphatic rings. The fourth-order valence-corrected chi connectivity index (χ4v) is 5.25. The zero-order valence-electron chi connectivity index (χ0n) is 14.5. The van der Waals surface area contributed by atoms with E-state index in [0.717, 1.165) is 31.4 Å². The Kier molecular flexibility index (Phi) is 3.76. The summed E-state index contributed by atoms with van der Waals surface area (Å²) in [6, 6.07) is 5.35. The fraction of sp³-hybridized carbons (Fsp3) is 0.579. The molecule has 1 aromatic carbocycles. The molecule has 2 N–H and O–H groups in total. The summed E-state index contributed by atoms with van der Waals surface area (Å²) < 4.78 is 5.30. The minimum Gasteiger partial charge on any atom is -0.466 e. The van der Waals surface area contributed by atoms with Gasteiger partial charge in [-0.25, -0.2) is 0 Å². The standard InChI is InChI=1S/C19H23ClN2O3/c1-3-25-17(24)14-8-11-6-7-18(14,2)10-19(11)21-15-5-4-12(20)9-13(15)16(23)22-19/h4-5,9,11,14,21H,3,6-8,10H2,1-2H3,(H,22,23)/t11-,14-,18+,19-/m1/s1. The first-order valence-corrected chi connectivity index (χ1v) is 9.31. The molecule has 1 aromatic rings. The van der Waals surface area contributed by atoms with Crippen LogP contribution in [-0.2, 0) is 9.53 Å². The lowest BCUT2D eigenvalue weighted by Crippen LogP contribution is -2.69. The first kappa shape index (κ1) is 16.7. The molecule has 0 unspecified atom stereocenters. The molecule has 0 radical (unpaired) electrons. The summed E-state index contributed by atoms with van der Waals surface area (Å²) in [4.78, 5) is 25.1. The number of ether oxygens (including phenoxy) is 1. The van der Waals surface area contributed by atoms with Crippen LogP contribution in [0.3, 0.4) is 0 Å². The van der Waals surface area contributed by atoms with E-state index in [1.54, 1.807) is 12.1 Å². The van der Waals surface area contributed by atoms with Crippen LogP contribution in [-0.4, -0.2) is 24.1 Å². The van der Waals surface area contributed by atoms with Gasteiger partial charge in [-0.1, -0.05) is 18.5 Å². The summed E-state index contributed by atoms with van der Waals surface area (Å²) in [5.74, 6) is -0.0856. The average molecular weight is 363 g/mol. The first-order valence-electron chi connectivity index (χ1n) is 8.94. The van der Waals surface area contributed by atoms with E-state index in [1.807, 2.05) is 13.0 Å². The van der Waals surface area contributed by atoms with Crippen molar-refractivity contribution >= 4 is 29.2 Å². The third kappa shape index (κ3) is 2.51. The van der Waals surface area contributed by atoms with Gasteiger partial charge in [-0.15, -0.1) is 0 Å². The van der Waals surface area contributed by atoms with Gasteiger partial charge in [0.15, 0.2) is 0 Å². The number of amides is 1. The Morgan fingerprint density at radius 2 is 2.20 bits per heavy atom. The fourth-order valence-electron chi connectivity index (χ4n) is 5.08. The van der Waals surface area contributed by atoms with Gasteiger partial charge in [0.25, 0.3) is 5.91 Å². The monoisotopic (exact) mass is 362 g/mol. The molecular weight excluding hydrogens is 340 g/mol. The third-order valence-corrected chi connectivity index (χ3v) is 6.53. The van der Waals surface area contributed by atoms with Crippen molar-refractivity contribution in [3.8, 4) is 0 Å². The van der Waals surface area contributed by atoms with Crippen LogP contribution >= 0.6 is 11.6 Å². The summed E-state index contributed by atoms with van der Waals surface area (Å²) in [7, 11) is 0. The second kappa shape index (κ2) is 5.63. The Bertz CT molecular complexity index is 752. The van der Waals surface area contributed by atoms with Crippen LogP contribution in [0.1, 0.15) is 49.9 Å². The molecule has 134 valence electrons. The molecule has 5 rings (SSSR count). The van der Waals surface area contributed by atoms with E-state index in [1.165, 1.54) is 0 Å². The third-order valence-electron chi connectivity index (χ3n) is 6.30. The number of hydrogen-bond acceptors (Lipinski definition) is 4. The molecule has 25 heavy (non-hydrogen) atoms. The van der Waals surface area contributed by atoms with E-state index in [4.69, 9.17) is 16.3 Å².